The molecule has 5 aromatic rings. The zero-order chi connectivity index (χ0) is 26.2. The number of hydrogen-bond acceptors (Lipinski definition) is 8. The maximum atomic E-state index is 13.8. The lowest BCUT2D eigenvalue weighted by Gasteiger charge is -2.28. The summed E-state index contributed by atoms with van der Waals surface area (Å²) in [5, 5.41) is 1.27. The van der Waals surface area contributed by atoms with Crippen LogP contribution in [0.3, 0.4) is 0 Å². The molecule has 0 spiro atoms. The molecule has 0 unspecified atom stereocenters. The Morgan fingerprint density at radius 1 is 1.03 bits per heavy atom. The minimum Gasteiger partial charge on any atom is -0.382 e. The van der Waals surface area contributed by atoms with E-state index in [9.17, 15) is 18.0 Å². The van der Waals surface area contributed by atoms with Gasteiger partial charge in [0.25, 0.3) is 5.91 Å². The molecule has 1 aromatic carbocycles. The molecule has 0 fully saturated rings. The molecule has 0 bridgehead atoms. The van der Waals surface area contributed by atoms with Crippen LogP contribution in [0.5, 0.6) is 0 Å². The van der Waals surface area contributed by atoms with Crippen molar-refractivity contribution in [1.82, 2.24) is 34.8 Å². The molecule has 37 heavy (non-hydrogen) atoms. The van der Waals surface area contributed by atoms with E-state index in [2.05, 4.69) is 29.9 Å². The molecule has 1 amide bonds. The van der Waals surface area contributed by atoms with E-state index in [0.717, 1.165) is 12.3 Å². The number of carbonyl (C=O) groups excluding carboxylic acids is 1. The molecule has 4 aromatic heterocycles. The molecule has 0 aliphatic carbocycles. The van der Waals surface area contributed by atoms with Gasteiger partial charge in [0.1, 0.15) is 17.7 Å². The van der Waals surface area contributed by atoms with Crippen LogP contribution in [-0.2, 0) is 12.7 Å². The lowest BCUT2D eigenvalue weighted by molar-refractivity contribution is -0.137. The first-order valence-electron chi connectivity index (χ1n) is 11.1. The van der Waals surface area contributed by atoms with E-state index in [1.807, 2.05) is 0 Å². The second kappa shape index (κ2) is 9.37. The molecule has 2 N–H and O–H groups in total. The number of aromatic nitrogens is 6. The number of nitrogens with two attached hydrogens (primary N) is 1. The van der Waals surface area contributed by atoms with Gasteiger partial charge in [-0.15, -0.1) is 0 Å². The van der Waals surface area contributed by atoms with Crippen LogP contribution in [0.25, 0.3) is 21.8 Å². The van der Waals surface area contributed by atoms with Gasteiger partial charge in [0.2, 0.25) is 0 Å². The molecule has 9 nitrogen and oxygen atoms in total. The number of pyridine rings is 2. The Bertz CT molecular complexity index is 1590. The molecular weight excluding hydrogens is 485 g/mol. The number of halogens is 3. The Morgan fingerprint density at radius 2 is 1.81 bits per heavy atom. The number of benzene rings is 1. The van der Waals surface area contributed by atoms with Gasteiger partial charge < -0.3 is 10.6 Å². The summed E-state index contributed by atoms with van der Waals surface area (Å²) in [5.41, 5.74) is 6.78. The zero-order valence-corrected chi connectivity index (χ0v) is 19.4. The minimum atomic E-state index is -4.51. The van der Waals surface area contributed by atoms with Crippen LogP contribution >= 0.6 is 0 Å². The summed E-state index contributed by atoms with van der Waals surface area (Å²) in [6.45, 7) is 1.67. The average molecular weight is 504 g/mol. The normalized spacial score (nSPS) is 12.5. The number of nitrogen functional groups attached to an aromatic ring is 1. The second-order valence-corrected chi connectivity index (χ2v) is 8.27. The van der Waals surface area contributed by atoms with Crippen LogP contribution in [0, 0.1) is 0 Å². The molecular formula is C25H19F3N8O. The van der Waals surface area contributed by atoms with E-state index in [4.69, 9.17) is 5.73 Å². The number of anilines is 1. The van der Waals surface area contributed by atoms with Crippen LogP contribution in [0.4, 0.5) is 19.0 Å². The van der Waals surface area contributed by atoms with Gasteiger partial charge in [-0.1, -0.05) is 0 Å². The monoisotopic (exact) mass is 504 g/mol. The molecule has 12 heteroatoms. The third-order valence-corrected chi connectivity index (χ3v) is 5.90. The van der Waals surface area contributed by atoms with Gasteiger partial charge in [0.05, 0.1) is 29.4 Å². The topological polar surface area (TPSA) is 124 Å². The highest BCUT2D eigenvalue weighted by Gasteiger charge is 2.31. The Kier molecular flexibility index (Phi) is 6.07. The van der Waals surface area contributed by atoms with Crippen molar-refractivity contribution in [3.63, 3.8) is 0 Å². The Balaban J connectivity index is 1.56. The average Bonchev–Trinajstić information content (AvgIpc) is 2.91. The number of nitrogens with zero attached hydrogens (tertiary/aromatic N) is 7. The summed E-state index contributed by atoms with van der Waals surface area (Å²) in [5.74, 6) is 0.219. The molecule has 0 aliphatic rings. The van der Waals surface area contributed by atoms with Gasteiger partial charge in [-0.3, -0.25) is 9.78 Å². The molecule has 186 valence electrons. The molecule has 1 atom stereocenters. The Hall–Kier alpha value is -4.74. The van der Waals surface area contributed by atoms with Gasteiger partial charge in [-0.2, -0.15) is 13.2 Å². The third-order valence-electron chi connectivity index (χ3n) is 5.90. The summed E-state index contributed by atoms with van der Waals surface area (Å²) in [6, 6.07) is 8.17. The minimum absolute atomic E-state index is 0.0712. The Morgan fingerprint density at radius 3 is 2.51 bits per heavy atom. The first kappa shape index (κ1) is 24.0. The van der Waals surface area contributed by atoms with Crippen LogP contribution in [0.2, 0.25) is 0 Å². The second-order valence-electron chi connectivity index (χ2n) is 8.27. The summed E-state index contributed by atoms with van der Waals surface area (Å²) in [6.07, 6.45) is 2.30. The van der Waals surface area contributed by atoms with Crippen molar-refractivity contribution in [3.05, 3.63) is 90.2 Å². The van der Waals surface area contributed by atoms with Gasteiger partial charge in [0, 0.05) is 41.1 Å². The summed E-state index contributed by atoms with van der Waals surface area (Å²) in [4.78, 5) is 40.3. The van der Waals surface area contributed by atoms with E-state index >= 15 is 0 Å². The fourth-order valence-electron chi connectivity index (χ4n) is 3.97. The molecule has 0 aliphatic heterocycles. The SMILES string of the molecule is C[C@H](c1ncccn1)N(Cc1ccc(C(F)(F)F)cn1)C(=O)c1ccc2nc(N)c3ncncc3c2c1. The predicted octanol–water partition coefficient (Wildman–Crippen LogP) is 4.37. The van der Waals surface area contributed by atoms with Crippen LogP contribution in [0.1, 0.15) is 40.4 Å². The summed E-state index contributed by atoms with van der Waals surface area (Å²) in [7, 11) is 0. The number of carbonyl (C=O) groups is 1. The van der Waals surface area contributed by atoms with Crippen LogP contribution in [0.15, 0.2) is 67.5 Å². The highest BCUT2D eigenvalue weighted by Crippen LogP contribution is 2.30. The van der Waals surface area contributed by atoms with E-state index in [1.54, 1.807) is 49.8 Å². The van der Waals surface area contributed by atoms with Crippen LogP contribution in [-0.4, -0.2) is 40.7 Å². The number of rotatable bonds is 5. The smallest absolute Gasteiger partial charge is 0.382 e. The zero-order valence-electron chi connectivity index (χ0n) is 19.4. The highest BCUT2D eigenvalue weighted by atomic mass is 19.4. The number of alkyl halides is 3. The van der Waals surface area contributed by atoms with Gasteiger partial charge in [-0.05, 0) is 43.3 Å². The van der Waals surface area contributed by atoms with Crippen molar-refractivity contribution in [3.8, 4) is 0 Å². The fraction of sp³-hybridized carbons (Fsp3) is 0.160. The first-order valence-corrected chi connectivity index (χ1v) is 11.1. The Labute approximate surface area is 208 Å². The van der Waals surface area contributed by atoms with E-state index < -0.39 is 23.7 Å². The number of hydrogen-bond donors (Lipinski definition) is 1. The van der Waals surface area contributed by atoms with Gasteiger partial charge >= 0.3 is 6.18 Å². The van der Waals surface area contributed by atoms with Gasteiger partial charge in [0.15, 0.2) is 5.82 Å². The van der Waals surface area contributed by atoms with Gasteiger partial charge in [-0.25, -0.2) is 24.9 Å². The standard InChI is InChI=1S/C25H19F3N8O/c1-14(23-31-7-2-8-32-23)36(12-17-5-4-16(10-33-17)25(26,27)28)24(37)15-3-6-20-18(9-15)19-11-30-13-34-21(19)22(29)35-20/h2-11,13-14H,12H2,1H3,(H2,29,35)/t14-/m1/s1. The number of amides is 1. The maximum absolute atomic E-state index is 13.8. The van der Waals surface area contributed by atoms with Crippen molar-refractivity contribution < 1.29 is 18.0 Å². The summed E-state index contributed by atoms with van der Waals surface area (Å²) >= 11 is 0. The van der Waals surface area contributed by atoms with E-state index in [-0.39, 0.29) is 18.1 Å². The largest absolute Gasteiger partial charge is 0.417 e. The molecule has 4 heterocycles. The van der Waals surface area contributed by atoms with Crippen molar-refractivity contribution in [2.24, 2.45) is 0 Å². The van der Waals surface area contributed by atoms with E-state index in [1.165, 1.54) is 17.3 Å². The van der Waals surface area contributed by atoms with Crippen molar-refractivity contribution in [2.75, 3.05) is 5.73 Å². The highest BCUT2D eigenvalue weighted by molar-refractivity contribution is 6.10. The van der Waals surface area contributed by atoms with E-state index in [0.29, 0.717) is 33.2 Å². The van der Waals surface area contributed by atoms with Crippen molar-refractivity contribution >= 4 is 33.5 Å². The quantitative estimate of drug-likeness (QED) is 0.350. The fourth-order valence-corrected chi connectivity index (χ4v) is 3.97. The lowest BCUT2D eigenvalue weighted by Crippen LogP contribution is -2.34. The lowest BCUT2D eigenvalue weighted by atomic mass is 10.1. The molecule has 0 saturated carbocycles. The number of fused-ring (bicyclic) bond motifs is 3. The molecule has 5 rings (SSSR count). The third kappa shape index (κ3) is 4.73. The molecule has 0 saturated heterocycles. The molecule has 0 radical (unpaired) electrons. The first-order chi connectivity index (χ1) is 17.7. The van der Waals surface area contributed by atoms with Crippen molar-refractivity contribution in [2.45, 2.75) is 25.7 Å². The van der Waals surface area contributed by atoms with Crippen molar-refractivity contribution in [1.29, 1.82) is 0 Å². The van der Waals surface area contributed by atoms with Crippen LogP contribution < -0.4 is 5.73 Å². The predicted molar refractivity (Wildman–Crippen MR) is 129 cm³/mol. The maximum Gasteiger partial charge on any atom is 0.417 e. The summed E-state index contributed by atoms with van der Waals surface area (Å²) < 4.78 is 39.0.